The first-order valence-electron chi connectivity index (χ1n) is 11.3. The third-order valence-corrected chi connectivity index (χ3v) is 8.58. The number of hydrogen-bond acceptors (Lipinski definition) is 4. The van der Waals surface area contributed by atoms with E-state index >= 15 is 0 Å². The number of carbonyl (C=O) groups is 1. The molecule has 0 spiro atoms. The van der Waals surface area contributed by atoms with Gasteiger partial charge in [0.15, 0.2) is 0 Å². The van der Waals surface area contributed by atoms with Crippen molar-refractivity contribution in [2.24, 2.45) is 0 Å². The molecule has 0 aromatic heterocycles. The van der Waals surface area contributed by atoms with Crippen LogP contribution in [0.3, 0.4) is 0 Å². The third kappa shape index (κ3) is 5.15. The molecule has 1 heterocycles. The van der Waals surface area contributed by atoms with Crippen molar-refractivity contribution in [3.63, 3.8) is 0 Å². The van der Waals surface area contributed by atoms with Gasteiger partial charge < -0.3 is 0 Å². The molecule has 1 aliphatic rings. The SMILES string of the molecule is CCc1ccc(N2C(=O)CS[C@@H]2c2ccc(NS(=O)(=O)c3ccc(C(C)(C)C)cc3)cc2)cc1. The van der Waals surface area contributed by atoms with Gasteiger partial charge in [-0.3, -0.25) is 14.4 Å². The number of nitrogens with zero attached hydrogens (tertiary/aromatic N) is 1. The molecule has 4 rings (SSSR count). The summed E-state index contributed by atoms with van der Waals surface area (Å²) in [6, 6.07) is 22.3. The minimum absolute atomic E-state index is 0.0445. The van der Waals surface area contributed by atoms with Crippen molar-refractivity contribution in [1.29, 1.82) is 0 Å². The fraction of sp³-hybridized carbons (Fsp3) is 0.296. The van der Waals surface area contributed by atoms with E-state index in [0.717, 1.165) is 23.2 Å². The van der Waals surface area contributed by atoms with Gasteiger partial charge in [-0.1, -0.05) is 64.1 Å². The van der Waals surface area contributed by atoms with Gasteiger partial charge in [0.2, 0.25) is 5.91 Å². The van der Waals surface area contributed by atoms with Gasteiger partial charge in [0.05, 0.1) is 10.6 Å². The first-order valence-corrected chi connectivity index (χ1v) is 13.9. The molecule has 0 unspecified atom stereocenters. The molecule has 1 saturated heterocycles. The summed E-state index contributed by atoms with van der Waals surface area (Å²) in [6.45, 7) is 8.38. The van der Waals surface area contributed by atoms with E-state index in [1.54, 1.807) is 36.0 Å². The quantitative estimate of drug-likeness (QED) is 0.448. The summed E-state index contributed by atoms with van der Waals surface area (Å²) in [7, 11) is -3.70. The number of rotatable bonds is 6. The Morgan fingerprint density at radius 2 is 1.56 bits per heavy atom. The number of sulfonamides is 1. The van der Waals surface area contributed by atoms with Crippen LogP contribution in [0, 0.1) is 0 Å². The molecule has 34 heavy (non-hydrogen) atoms. The number of anilines is 2. The van der Waals surface area contributed by atoms with Crippen LogP contribution in [-0.2, 0) is 26.7 Å². The van der Waals surface area contributed by atoms with Gasteiger partial charge in [0.1, 0.15) is 5.37 Å². The maximum absolute atomic E-state index is 12.9. The number of hydrogen-bond donors (Lipinski definition) is 1. The van der Waals surface area contributed by atoms with E-state index in [2.05, 4.69) is 44.5 Å². The highest BCUT2D eigenvalue weighted by Gasteiger charge is 2.34. The van der Waals surface area contributed by atoms with Gasteiger partial charge >= 0.3 is 0 Å². The molecule has 0 saturated carbocycles. The highest BCUT2D eigenvalue weighted by atomic mass is 32.2. The van der Waals surface area contributed by atoms with E-state index < -0.39 is 10.0 Å². The highest BCUT2D eigenvalue weighted by molar-refractivity contribution is 8.00. The number of thioether (sulfide) groups is 1. The molecule has 0 bridgehead atoms. The monoisotopic (exact) mass is 494 g/mol. The number of benzene rings is 3. The molecule has 3 aromatic carbocycles. The fourth-order valence-corrected chi connectivity index (χ4v) is 6.14. The molecule has 1 aliphatic heterocycles. The molecule has 0 radical (unpaired) electrons. The predicted octanol–water partition coefficient (Wildman–Crippen LogP) is 6.13. The van der Waals surface area contributed by atoms with Crippen molar-refractivity contribution < 1.29 is 13.2 Å². The highest BCUT2D eigenvalue weighted by Crippen LogP contribution is 2.42. The van der Waals surface area contributed by atoms with Crippen LogP contribution in [0.2, 0.25) is 0 Å². The smallest absolute Gasteiger partial charge is 0.261 e. The maximum atomic E-state index is 12.9. The van der Waals surface area contributed by atoms with Gasteiger partial charge in [-0.25, -0.2) is 8.42 Å². The summed E-state index contributed by atoms with van der Waals surface area (Å²) in [5.74, 6) is 0.488. The molecule has 7 heteroatoms. The zero-order valence-electron chi connectivity index (χ0n) is 19.9. The Balaban J connectivity index is 1.51. The van der Waals surface area contributed by atoms with Gasteiger partial charge in [-0.05, 0) is 64.9 Å². The number of carbonyl (C=O) groups excluding carboxylic acids is 1. The van der Waals surface area contributed by atoms with Crippen molar-refractivity contribution in [1.82, 2.24) is 0 Å². The minimum Gasteiger partial charge on any atom is -0.295 e. The second-order valence-corrected chi connectivity index (χ2v) is 12.2. The van der Waals surface area contributed by atoms with Gasteiger partial charge in [-0.15, -0.1) is 11.8 Å². The molecule has 178 valence electrons. The van der Waals surface area contributed by atoms with Crippen molar-refractivity contribution in [2.45, 2.75) is 49.8 Å². The summed E-state index contributed by atoms with van der Waals surface area (Å²) in [5, 5.41) is -0.143. The average molecular weight is 495 g/mol. The number of nitrogens with one attached hydrogen (secondary N) is 1. The van der Waals surface area contributed by atoms with Gasteiger partial charge in [0.25, 0.3) is 10.0 Å². The van der Waals surface area contributed by atoms with E-state index in [-0.39, 0.29) is 21.6 Å². The molecular weight excluding hydrogens is 464 g/mol. The van der Waals surface area contributed by atoms with Crippen molar-refractivity contribution in [3.8, 4) is 0 Å². The van der Waals surface area contributed by atoms with E-state index in [4.69, 9.17) is 0 Å². The van der Waals surface area contributed by atoms with Crippen molar-refractivity contribution in [2.75, 3.05) is 15.4 Å². The lowest BCUT2D eigenvalue weighted by Crippen LogP contribution is -2.27. The summed E-state index contributed by atoms with van der Waals surface area (Å²) in [5.41, 5.74) is 4.57. The Morgan fingerprint density at radius 1 is 0.941 bits per heavy atom. The van der Waals surface area contributed by atoms with Crippen LogP contribution in [0.5, 0.6) is 0 Å². The Bertz CT molecular complexity index is 1260. The summed E-state index contributed by atoms with van der Waals surface area (Å²) >= 11 is 1.57. The fourth-order valence-electron chi connectivity index (χ4n) is 3.91. The standard InChI is InChI=1S/C27H30N2O3S2/c1-5-19-6-14-23(15-7-19)29-25(30)18-33-26(29)20-8-12-22(13-9-20)28-34(31,32)24-16-10-21(11-17-24)27(2,3)4/h6-17,26,28H,5,18H2,1-4H3/t26-/m1/s1. The molecular formula is C27H30N2O3S2. The first-order chi connectivity index (χ1) is 16.1. The normalized spacial score (nSPS) is 16.6. The summed E-state index contributed by atoms with van der Waals surface area (Å²) in [4.78, 5) is 14.7. The topological polar surface area (TPSA) is 66.5 Å². The Labute approximate surface area is 206 Å². The van der Waals surface area contributed by atoms with E-state index in [0.29, 0.717) is 11.4 Å². The summed E-state index contributed by atoms with van der Waals surface area (Å²) in [6.07, 6.45) is 0.949. The van der Waals surface area contributed by atoms with Crippen molar-refractivity contribution in [3.05, 3.63) is 89.5 Å². The average Bonchev–Trinajstić information content (AvgIpc) is 3.20. The third-order valence-electron chi connectivity index (χ3n) is 5.97. The lowest BCUT2D eigenvalue weighted by Gasteiger charge is -2.24. The number of aryl methyl sites for hydroxylation is 1. The molecule has 1 N–H and O–H groups in total. The lowest BCUT2D eigenvalue weighted by molar-refractivity contribution is -0.115. The molecule has 1 atom stereocenters. The van der Waals surface area contributed by atoms with E-state index in [9.17, 15) is 13.2 Å². The molecule has 1 fully saturated rings. The molecule has 1 amide bonds. The maximum Gasteiger partial charge on any atom is 0.261 e. The van der Waals surface area contributed by atoms with Crippen molar-refractivity contribution >= 4 is 39.1 Å². The Kier molecular flexibility index (Phi) is 6.78. The van der Waals surface area contributed by atoms with Crippen LogP contribution in [0.4, 0.5) is 11.4 Å². The predicted molar refractivity (Wildman–Crippen MR) is 141 cm³/mol. The van der Waals surface area contributed by atoms with Crippen LogP contribution in [0.15, 0.2) is 77.7 Å². The number of amides is 1. The zero-order chi connectivity index (χ0) is 24.5. The van der Waals surface area contributed by atoms with Crippen LogP contribution in [0.1, 0.15) is 49.8 Å². The van der Waals surface area contributed by atoms with Gasteiger partial charge in [0, 0.05) is 11.4 Å². The molecule has 5 nitrogen and oxygen atoms in total. The second-order valence-electron chi connectivity index (χ2n) is 9.45. The first kappa shape index (κ1) is 24.4. The zero-order valence-corrected chi connectivity index (χ0v) is 21.5. The Morgan fingerprint density at radius 3 is 2.12 bits per heavy atom. The van der Waals surface area contributed by atoms with Gasteiger partial charge in [-0.2, -0.15) is 0 Å². The van der Waals surface area contributed by atoms with Crippen LogP contribution >= 0.6 is 11.8 Å². The van der Waals surface area contributed by atoms with Crippen LogP contribution < -0.4 is 9.62 Å². The minimum atomic E-state index is -3.70. The second kappa shape index (κ2) is 9.47. The lowest BCUT2D eigenvalue weighted by atomic mass is 9.87. The van der Waals surface area contributed by atoms with Crippen LogP contribution in [0.25, 0.3) is 0 Å². The summed E-state index contributed by atoms with van der Waals surface area (Å²) < 4.78 is 28.4. The molecule has 0 aliphatic carbocycles. The van der Waals surface area contributed by atoms with E-state index in [1.807, 2.05) is 41.3 Å². The largest absolute Gasteiger partial charge is 0.295 e. The molecule has 3 aromatic rings. The van der Waals surface area contributed by atoms with Crippen LogP contribution in [-0.4, -0.2) is 20.1 Å². The van der Waals surface area contributed by atoms with E-state index in [1.165, 1.54) is 5.56 Å². The Hall–Kier alpha value is -2.77.